The third-order valence-corrected chi connectivity index (χ3v) is 2.73. The minimum absolute atomic E-state index is 0.0383. The summed E-state index contributed by atoms with van der Waals surface area (Å²) in [7, 11) is 3.62. The number of H-pyrrole nitrogens is 1. The highest BCUT2D eigenvalue weighted by molar-refractivity contribution is 7.80. The molecule has 0 fully saturated rings. The molecule has 1 N–H and O–H groups in total. The third-order valence-electron chi connectivity index (χ3n) is 2.39. The summed E-state index contributed by atoms with van der Waals surface area (Å²) in [5, 5.41) is 18.0. The Morgan fingerprint density at radius 3 is 2.95 bits per heavy atom. The minimum atomic E-state index is -0.459. The highest BCUT2D eigenvalue weighted by Crippen LogP contribution is 2.26. The molecular formula is C11H11N5O2S. The maximum absolute atomic E-state index is 11.0. The minimum Gasteiger partial charge on any atom is -0.369 e. The van der Waals surface area contributed by atoms with Crippen LogP contribution < -0.4 is 0 Å². The normalized spacial score (nSPS) is 11.1. The van der Waals surface area contributed by atoms with E-state index in [9.17, 15) is 10.1 Å². The predicted octanol–water partition coefficient (Wildman–Crippen LogP) is 1.74. The Kier molecular flexibility index (Phi) is 3.52. The molecule has 0 aliphatic carbocycles. The van der Waals surface area contributed by atoms with Crippen molar-refractivity contribution in [1.82, 2.24) is 15.1 Å². The number of hydrogen-bond donors (Lipinski definition) is 1. The van der Waals surface area contributed by atoms with Crippen molar-refractivity contribution in [3.05, 3.63) is 34.0 Å². The summed E-state index contributed by atoms with van der Waals surface area (Å²) < 4.78 is 0. The summed E-state index contributed by atoms with van der Waals surface area (Å²) in [5.41, 5.74) is 1.03. The number of aliphatic imine (C=N–C) groups is 1. The van der Waals surface area contributed by atoms with E-state index in [-0.39, 0.29) is 10.7 Å². The third kappa shape index (κ3) is 2.74. The van der Waals surface area contributed by atoms with Crippen LogP contribution in [0.5, 0.6) is 0 Å². The van der Waals surface area contributed by atoms with Crippen LogP contribution in [0.3, 0.4) is 0 Å². The molecule has 1 aromatic carbocycles. The summed E-state index contributed by atoms with van der Waals surface area (Å²) in [4.78, 5) is 16.6. The van der Waals surface area contributed by atoms with Crippen LogP contribution in [0, 0.1) is 10.1 Å². The van der Waals surface area contributed by atoms with E-state index in [0.717, 1.165) is 0 Å². The Labute approximate surface area is 114 Å². The van der Waals surface area contributed by atoms with Gasteiger partial charge in [0.25, 0.3) is 5.69 Å². The van der Waals surface area contributed by atoms with Gasteiger partial charge in [0, 0.05) is 25.7 Å². The number of nitro benzene ring substituents is 1. The number of non-ortho nitro benzene ring substituents is 1. The Hall–Kier alpha value is -2.35. The molecule has 0 saturated carbocycles. The first kappa shape index (κ1) is 13.1. The van der Waals surface area contributed by atoms with Gasteiger partial charge in [0.15, 0.2) is 0 Å². The van der Waals surface area contributed by atoms with Crippen molar-refractivity contribution >= 4 is 40.1 Å². The van der Waals surface area contributed by atoms with Gasteiger partial charge in [0.05, 0.1) is 28.4 Å². The SMILES string of the molecule is CN(C)C=NC(=S)c1cc([N+](=O)[O-])c2cn[nH]c2c1. The molecule has 2 aromatic rings. The highest BCUT2D eigenvalue weighted by atomic mass is 32.1. The van der Waals surface area contributed by atoms with Crippen LogP contribution in [0.2, 0.25) is 0 Å². The second-order valence-electron chi connectivity index (χ2n) is 4.10. The lowest BCUT2D eigenvalue weighted by molar-refractivity contribution is -0.383. The van der Waals surface area contributed by atoms with E-state index in [2.05, 4.69) is 15.2 Å². The van der Waals surface area contributed by atoms with E-state index < -0.39 is 4.92 Å². The van der Waals surface area contributed by atoms with Gasteiger partial charge >= 0.3 is 0 Å². The Morgan fingerprint density at radius 1 is 1.58 bits per heavy atom. The van der Waals surface area contributed by atoms with Gasteiger partial charge in [0.1, 0.15) is 4.99 Å². The second-order valence-corrected chi connectivity index (χ2v) is 4.48. The number of nitrogens with zero attached hydrogens (tertiary/aromatic N) is 4. The van der Waals surface area contributed by atoms with Crippen LogP contribution in [-0.2, 0) is 0 Å². The molecule has 0 bridgehead atoms. The molecule has 0 saturated heterocycles. The highest BCUT2D eigenvalue weighted by Gasteiger charge is 2.16. The average Bonchev–Trinajstić information content (AvgIpc) is 2.82. The number of nitrogens with one attached hydrogen (secondary N) is 1. The standard InChI is InChI=1S/C11H11N5O2S/c1-15(2)6-12-11(19)7-3-9-8(5-13-14-9)10(4-7)16(17)18/h3-6H,1-2H3,(H,13,14). The Balaban J connectivity index is 2.50. The molecule has 0 amide bonds. The van der Waals surface area contributed by atoms with Crippen molar-refractivity contribution in [2.45, 2.75) is 0 Å². The fraction of sp³-hybridized carbons (Fsp3) is 0.182. The van der Waals surface area contributed by atoms with Gasteiger partial charge in [-0.3, -0.25) is 15.2 Å². The lowest BCUT2D eigenvalue weighted by Gasteiger charge is -2.04. The first-order valence-corrected chi connectivity index (χ1v) is 5.76. The number of thiocarbonyl (C=S) groups is 1. The van der Waals surface area contributed by atoms with Crippen LogP contribution in [-0.4, -0.2) is 45.4 Å². The molecule has 0 radical (unpaired) electrons. The zero-order chi connectivity index (χ0) is 14.0. The molecule has 19 heavy (non-hydrogen) atoms. The zero-order valence-electron chi connectivity index (χ0n) is 10.3. The lowest BCUT2D eigenvalue weighted by Crippen LogP contribution is -2.09. The Bertz CT molecular complexity index is 677. The van der Waals surface area contributed by atoms with Gasteiger partial charge in [-0.1, -0.05) is 12.2 Å². The van der Waals surface area contributed by atoms with Crippen LogP contribution in [0.25, 0.3) is 10.9 Å². The zero-order valence-corrected chi connectivity index (χ0v) is 11.1. The molecule has 2 rings (SSSR count). The lowest BCUT2D eigenvalue weighted by atomic mass is 10.1. The fourth-order valence-electron chi connectivity index (χ4n) is 1.55. The number of aromatic nitrogens is 2. The van der Waals surface area contributed by atoms with E-state index in [1.807, 2.05) is 14.1 Å². The second kappa shape index (κ2) is 5.11. The topological polar surface area (TPSA) is 87.4 Å². The molecule has 0 aliphatic rings. The molecule has 1 heterocycles. The average molecular weight is 277 g/mol. The quantitative estimate of drug-likeness (QED) is 0.303. The van der Waals surface area contributed by atoms with E-state index >= 15 is 0 Å². The van der Waals surface area contributed by atoms with Gasteiger partial charge in [-0.05, 0) is 6.07 Å². The molecule has 0 spiro atoms. The van der Waals surface area contributed by atoms with E-state index in [4.69, 9.17) is 12.2 Å². The smallest absolute Gasteiger partial charge is 0.281 e. The maximum Gasteiger partial charge on any atom is 0.281 e. The molecule has 98 valence electrons. The number of rotatable bonds is 3. The molecule has 0 atom stereocenters. The first-order valence-electron chi connectivity index (χ1n) is 5.35. The van der Waals surface area contributed by atoms with Gasteiger partial charge in [-0.2, -0.15) is 5.10 Å². The summed E-state index contributed by atoms with van der Waals surface area (Å²) in [5.74, 6) is 0. The van der Waals surface area contributed by atoms with Gasteiger partial charge < -0.3 is 4.90 Å². The number of benzene rings is 1. The van der Waals surface area contributed by atoms with Crippen molar-refractivity contribution in [3.63, 3.8) is 0 Å². The molecule has 0 aliphatic heterocycles. The molecular weight excluding hydrogens is 266 g/mol. The van der Waals surface area contributed by atoms with Crippen molar-refractivity contribution in [2.24, 2.45) is 4.99 Å². The predicted molar refractivity (Wildman–Crippen MR) is 76.6 cm³/mol. The van der Waals surface area contributed by atoms with E-state index in [0.29, 0.717) is 16.5 Å². The number of fused-ring (bicyclic) bond motifs is 1. The van der Waals surface area contributed by atoms with Gasteiger partial charge in [0.2, 0.25) is 0 Å². The van der Waals surface area contributed by atoms with Crippen LogP contribution in [0.1, 0.15) is 5.56 Å². The van der Waals surface area contributed by atoms with E-state index in [1.54, 1.807) is 17.3 Å². The van der Waals surface area contributed by atoms with Crippen molar-refractivity contribution in [1.29, 1.82) is 0 Å². The van der Waals surface area contributed by atoms with Gasteiger partial charge in [-0.15, -0.1) is 0 Å². The van der Waals surface area contributed by atoms with E-state index in [1.165, 1.54) is 12.3 Å². The van der Waals surface area contributed by atoms with Crippen LogP contribution in [0.15, 0.2) is 23.3 Å². The van der Waals surface area contributed by atoms with Crippen molar-refractivity contribution in [2.75, 3.05) is 14.1 Å². The molecule has 7 nitrogen and oxygen atoms in total. The number of hydrogen-bond acceptors (Lipinski definition) is 4. The number of aromatic amines is 1. The molecule has 0 unspecified atom stereocenters. The molecule has 8 heteroatoms. The fourth-order valence-corrected chi connectivity index (χ4v) is 1.71. The first-order chi connectivity index (χ1) is 8.99. The summed E-state index contributed by atoms with van der Waals surface area (Å²) in [6.45, 7) is 0. The van der Waals surface area contributed by atoms with Crippen LogP contribution >= 0.6 is 12.2 Å². The molecule has 1 aromatic heterocycles. The van der Waals surface area contributed by atoms with Crippen molar-refractivity contribution in [3.8, 4) is 0 Å². The maximum atomic E-state index is 11.0. The van der Waals surface area contributed by atoms with Crippen LogP contribution in [0.4, 0.5) is 5.69 Å². The Morgan fingerprint density at radius 2 is 2.32 bits per heavy atom. The summed E-state index contributed by atoms with van der Waals surface area (Å²) in [6, 6.07) is 3.11. The monoisotopic (exact) mass is 277 g/mol. The van der Waals surface area contributed by atoms with Gasteiger partial charge in [-0.25, -0.2) is 4.99 Å². The largest absolute Gasteiger partial charge is 0.369 e. The summed E-state index contributed by atoms with van der Waals surface area (Å²) >= 11 is 5.14. The number of nitro groups is 1. The summed E-state index contributed by atoms with van der Waals surface area (Å²) in [6.07, 6.45) is 2.97. The van der Waals surface area contributed by atoms with Crippen molar-refractivity contribution < 1.29 is 4.92 Å².